The number of carbonyl (C=O) groups excluding carboxylic acids is 1. The summed E-state index contributed by atoms with van der Waals surface area (Å²) < 4.78 is 9.60. The van der Waals surface area contributed by atoms with Crippen molar-refractivity contribution in [3.05, 3.63) is 0 Å². The second kappa shape index (κ2) is 10.6. The third-order valence-electron chi connectivity index (χ3n) is 1.81. The first-order valence-electron chi connectivity index (χ1n) is 6.39. The van der Waals surface area contributed by atoms with Crippen molar-refractivity contribution in [2.75, 3.05) is 13.7 Å². The summed E-state index contributed by atoms with van der Waals surface area (Å²) in [6.07, 6.45) is 0.747. The summed E-state index contributed by atoms with van der Waals surface area (Å²) in [5, 5.41) is 10.9. The molecule has 0 aromatic carbocycles. The third-order valence-corrected chi connectivity index (χ3v) is 1.81. The lowest BCUT2D eigenvalue weighted by molar-refractivity contribution is -0.139. The first-order valence-corrected chi connectivity index (χ1v) is 6.39. The molecule has 0 unspecified atom stereocenters. The average Bonchev–Trinajstić information content (AvgIpc) is 2.25. The number of rotatable bonds is 5. The molecule has 0 aromatic heterocycles. The van der Waals surface area contributed by atoms with E-state index in [0.717, 1.165) is 13.0 Å². The maximum Gasteiger partial charge on any atom is 0.408 e. The van der Waals surface area contributed by atoms with Crippen LogP contribution in [-0.4, -0.2) is 42.5 Å². The molecule has 0 radical (unpaired) electrons. The Kier molecular flexibility index (Phi) is 11.2. The molecule has 0 saturated heterocycles. The van der Waals surface area contributed by atoms with Crippen LogP contribution in [0, 0.1) is 0 Å². The van der Waals surface area contributed by atoms with Crippen molar-refractivity contribution in [2.24, 2.45) is 0 Å². The van der Waals surface area contributed by atoms with E-state index in [-0.39, 0.29) is 0 Å². The van der Waals surface area contributed by atoms with Gasteiger partial charge < -0.3 is 19.9 Å². The standard InChI is InChI=1S/C9H17NO4.C4H10O/c1-5-6(7(11)12)10-8(13)14-9(2,3)4;1-3-4-5-2/h6H,5H2,1-4H3,(H,10,13)(H,11,12);3-4H2,1-2H3/t6-;/m0./s1. The number of hydrogen-bond acceptors (Lipinski definition) is 4. The molecule has 0 fully saturated rings. The number of ether oxygens (including phenoxy) is 2. The van der Waals surface area contributed by atoms with E-state index in [2.05, 4.69) is 12.2 Å². The number of carboxylic acid groups (broad SMARTS) is 1. The summed E-state index contributed by atoms with van der Waals surface area (Å²) in [6.45, 7) is 9.80. The third kappa shape index (κ3) is 14.6. The SMILES string of the molecule is CCCOC.CC[C@H](NC(=O)OC(C)(C)C)C(=O)O. The number of alkyl carbamates (subject to hydrolysis) is 1. The van der Waals surface area contributed by atoms with Crippen LogP contribution in [-0.2, 0) is 14.3 Å². The summed E-state index contributed by atoms with van der Waals surface area (Å²) in [5.74, 6) is -1.06. The van der Waals surface area contributed by atoms with Crippen LogP contribution in [0.3, 0.4) is 0 Å². The number of carbonyl (C=O) groups is 2. The number of aliphatic carboxylic acids is 1. The molecule has 0 heterocycles. The maximum atomic E-state index is 11.1. The van der Waals surface area contributed by atoms with E-state index in [4.69, 9.17) is 14.6 Å². The predicted molar refractivity (Wildman–Crippen MR) is 73.3 cm³/mol. The van der Waals surface area contributed by atoms with Gasteiger partial charge in [0, 0.05) is 13.7 Å². The lowest BCUT2D eigenvalue weighted by Crippen LogP contribution is -2.43. The molecule has 0 aliphatic carbocycles. The molecule has 6 nitrogen and oxygen atoms in total. The van der Waals surface area contributed by atoms with Gasteiger partial charge in [0.15, 0.2) is 0 Å². The van der Waals surface area contributed by atoms with E-state index < -0.39 is 23.7 Å². The fourth-order valence-corrected chi connectivity index (χ4v) is 0.992. The van der Waals surface area contributed by atoms with E-state index in [1.807, 2.05) is 0 Å². The monoisotopic (exact) mass is 277 g/mol. The van der Waals surface area contributed by atoms with Crippen molar-refractivity contribution in [1.82, 2.24) is 5.32 Å². The average molecular weight is 277 g/mol. The maximum absolute atomic E-state index is 11.1. The van der Waals surface area contributed by atoms with Gasteiger partial charge in [0.2, 0.25) is 0 Å². The van der Waals surface area contributed by atoms with Gasteiger partial charge in [-0.2, -0.15) is 0 Å². The second-order valence-corrected chi connectivity index (χ2v) is 4.94. The van der Waals surface area contributed by atoms with Gasteiger partial charge in [0.25, 0.3) is 0 Å². The van der Waals surface area contributed by atoms with Crippen molar-refractivity contribution >= 4 is 12.1 Å². The van der Waals surface area contributed by atoms with Gasteiger partial charge in [-0.3, -0.25) is 0 Å². The minimum Gasteiger partial charge on any atom is -0.480 e. The zero-order valence-corrected chi connectivity index (χ0v) is 12.8. The molecule has 0 bridgehead atoms. The van der Waals surface area contributed by atoms with Gasteiger partial charge in [-0.15, -0.1) is 0 Å². The second-order valence-electron chi connectivity index (χ2n) is 4.94. The normalized spacial score (nSPS) is 11.9. The van der Waals surface area contributed by atoms with Crippen LogP contribution >= 0.6 is 0 Å². The van der Waals surface area contributed by atoms with E-state index >= 15 is 0 Å². The molecule has 2 N–H and O–H groups in total. The molecule has 0 aromatic rings. The molecule has 0 aliphatic rings. The van der Waals surface area contributed by atoms with Gasteiger partial charge in [-0.05, 0) is 33.6 Å². The van der Waals surface area contributed by atoms with Crippen molar-refractivity contribution < 1.29 is 24.2 Å². The largest absolute Gasteiger partial charge is 0.480 e. The van der Waals surface area contributed by atoms with Crippen LogP contribution in [0.5, 0.6) is 0 Å². The van der Waals surface area contributed by atoms with E-state index in [9.17, 15) is 9.59 Å². The van der Waals surface area contributed by atoms with Crippen molar-refractivity contribution in [3.8, 4) is 0 Å². The number of nitrogens with one attached hydrogen (secondary N) is 1. The Morgan fingerprint density at radius 3 is 2.00 bits per heavy atom. The Balaban J connectivity index is 0. The predicted octanol–water partition coefficient (Wildman–Crippen LogP) is 2.42. The van der Waals surface area contributed by atoms with Crippen molar-refractivity contribution in [1.29, 1.82) is 0 Å². The highest BCUT2D eigenvalue weighted by Gasteiger charge is 2.22. The molecule has 0 aliphatic heterocycles. The van der Waals surface area contributed by atoms with Gasteiger partial charge in [-0.25, -0.2) is 9.59 Å². The summed E-state index contributed by atoms with van der Waals surface area (Å²) >= 11 is 0. The first kappa shape index (κ1) is 20.0. The number of carboxylic acids is 1. The minimum absolute atomic E-state index is 0.328. The minimum atomic E-state index is -1.06. The van der Waals surface area contributed by atoms with E-state index in [1.54, 1.807) is 34.8 Å². The summed E-state index contributed by atoms with van der Waals surface area (Å²) in [7, 11) is 1.71. The van der Waals surface area contributed by atoms with Crippen molar-refractivity contribution in [3.63, 3.8) is 0 Å². The highest BCUT2D eigenvalue weighted by molar-refractivity contribution is 5.79. The molecule has 1 amide bonds. The number of amides is 1. The summed E-state index contributed by atoms with van der Waals surface area (Å²) in [6, 6.07) is -0.884. The Morgan fingerprint density at radius 2 is 1.79 bits per heavy atom. The quantitative estimate of drug-likeness (QED) is 0.806. The molecule has 0 rings (SSSR count). The molecular weight excluding hydrogens is 250 g/mol. The first-order chi connectivity index (χ1) is 8.67. The Hall–Kier alpha value is -1.30. The van der Waals surface area contributed by atoms with Crippen LogP contribution < -0.4 is 5.32 Å². The topological polar surface area (TPSA) is 84.9 Å². The highest BCUT2D eigenvalue weighted by atomic mass is 16.6. The van der Waals surface area contributed by atoms with Gasteiger partial charge >= 0.3 is 12.1 Å². The summed E-state index contributed by atoms with van der Waals surface area (Å²) in [5.41, 5.74) is -0.610. The summed E-state index contributed by atoms with van der Waals surface area (Å²) in [4.78, 5) is 21.7. The Bertz CT molecular complexity index is 258. The molecule has 114 valence electrons. The van der Waals surface area contributed by atoms with Crippen LogP contribution in [0.25, 0.3) is 0 Å². The van der Waals surface area contributed by atoms with Crippen LogP contribution in [0.4, 0.5) is 4.79 Å². The van der Waals surface area contributed by atoms with Crippen LogP contribution in [0.1, 0.15) is 47.5 Å². The fourth-order valence-electron chi connectivity index (χ4n) is 0.992. The number of hydrogen-bond donors (Lipinski definition) is 2. The Morgan fingerprint density at radius 1 is 1.26 bits per heavy atom. The molecule has 0 saturated carbocycles. The number of methoxy groups -OCH3 is 1. The van der Waals surface area contributed by atoms with Crippen molar-refractivity contribution in [2.45, 2.75) is 59.1 Å². The molecule has 1 atom stereocenters. The smallest absolute Gasteiger partial charge is 0.408 e. The Labute approximate surface area is 115 Å². The lowest BCUT2D eigenvalue weighted by atomic mass is 10.2. The highest BCUT2D eigenvalue weighted by Crippen LogP contribution is 2.07. The fraction of sp³-hybridized carbons (Fsp3) is 0.846. The van der Waals surface area contributed by atoms with Gasteiger partial charge in [0.05, 0.1) is 0 Å². The van der Waals surface area contributed by atoms with E-state index in [0.29, 0.717) is 6.42 Å². The molecular formula is C13H27NO5. The molecule has 0 spiro atoms. The van der Waals surface area contributed by atoms with Gasteiger partial charge in [0.1, 0.15) is 11.6 Å². The molecule has 6 heteroatoms. The van der Waals surface area contributed by atoms with Gasteiger partial charge in [-0.1, -0.05) is 13.8 Å². The molecule has 19 heavy (non-hydrogen) atoms. The zero-order chi connectivity index (χ0) is 15.5. The zero-order valence-electron chi connectivity index (χ0n) is 12.8. The lowest BCUT2D eigenvalue weighted by Gasteiger charge is -2.21. The van der Waals surface area contributed by atoms with Crippen LogP contribution in [0.2, 0.25) is 0 Å². The van der Waals surface area contributed by atoms with E-state index in [1.165, 1.54) is 0 Å². The van der Waals surface area contributed by atoms with Crippen LogP contribution in [0.15, 0.2) is 0 Å².